The molecule has 0 amide bonds. The van der Waals surface area contributed by atoms with Gasteiger partial charge in [0, 0.05) is 28.8 Å². The molecule has 3 nitrogen and oxygen atoms in total. The van der Waals surface area contributed by atoms with Gasteiger partial charge in [-0.1, -0.05) is 15.9 Å². The third-order valence-corrected chi connectivity index (χ3v) is 2.86. The minimum Gasteiger partial charge on any atom is -0.493 e. The summed E-state index contributed by atoms with van der Waals surface area (Å²) in [5, 5.41) is 0. The van der Waals surface area contributed by atoms with Crippen molar-refractivity contribution in [3.63, 3.8) is 0 Å². The predicted octanol–water partition coefficient (Wildman–Crippen LogP) is 2.45. The summed E-state index contributed by atoms with van der Waals surface area (Å²) in [6, 6.07) is 5.61. The fraction of sp³-hybridized carbons (Fsp3) is 0.455. The van der Waals surface area contributed by atoms with Crippen molar-refractivity contribution in [1.29, 1.82) is 0 Å². The molecule has 4 heteroatoms. The van der Waals surface area contributed by atoms with Crippen LogP contribution in [0.25, 0.3) is 0 Å². The zero-order chi connectivity index (χ0) is 10.7. The summed E-state index contributed by atoms with van der Waals surface area (Å²) in [4.78, 5) is 0. The van der Waals surface area contributed by atoms with Gasteiger partial charge in [-0.15, -0.1) is 0 Å². The van der Waals surface area contributed by atoms with Gasteiger partial charge in [-0.3, -0.25) is 0 Å². The van der Waals surface area contributed by atoms with E-state index in [1.807, 2.05) is 18.2 Å². The first-order valence-electron chi connectivity index (χ1n) is 5.00. The molecule has 0 radical (unpaired) electrons. The van der Waals surface area contributed by atoms with E-state index < -0.39 is 0 Å². The Balaban J connectivity index is 1.92. The van der Waals surface area contributed by atoms with Gasteiger partial charge >= 0.3 is 0 Å². The minimum atomic E-state index is 0.519. The van der Waals surface area contributed by atoms with Gasteiger partial charge < -0.3 is 15.2 Å². The third-order valence-electron chi connectivity index (χ3n) is 2.40. The van der Waals surface area contributed by atoms with E-state index in [4.69, 9.17) is 15.2 Å². The first kappa shape index (κ1) is 10.8. The lowest BCUT2D eigenvalue weighted by Gasteiger charge is -2.11. The summed E-state index contributed by atoms with van der Waals surface area (Å²) >= 11 is 3.38. The molecule has 2 rings (SSSR count). The minimum absolute atomic E-state index is 0.519. The fourth-order valence-corrected chi connectivity index (χ4v) is 2.09. The molecule has 0 saturated carbocycles. The molecule has 1 aliphatic rings. The monoisotopic (exact) mass is 271 g/mol. The van der Waals surface area contributed by atoms with E-state index in [0.717, 1.165) is 29.9 Å². The highest BCUT2D eigenvalue weighted by atomic mass is 79.9. The average molecular weight is 272 g/mol. The van der Waals surface area contributed by atoms with Crippen LogP contribution in [-0.4, -0.2) is 19.8 Å². The van der Waals surface area contributed by atoms with Gasteiger partial charge in [0.05, 0.1) is 13.2 Å². The number of hydrogen-bond acceptors (Lipinski definition) is 3. The maximum absolute atomic E-state index is 5.71. The van der Waals surface area contributed by atoms with Crippen molar-refractivity contribution in [3.8, 4) is 5.75 Å². The maximum atomic E-state index is 5.71. The summed E-state index contributed by atoms with van der Waals surface area (Å²) < 4.78 is 11.9. The van der Waals surface area contributed by atoms with E-state index >= 15 is 0 Å². The maximum Gasteiger partial charge on any atom is 0.122 e. The second-order valence-corrected chi connectivity index (χ2v) is 4.68. The van der Waals surface area contributed by atoms with Gasteiger partial charge in [-0.25, -0.2) is 0 Å². The molecule has 0 aliphatic carbocycles. The van der Waals surface area contributed by atoms with Crippen molar-refractivity contribution in [1.82, 2.24) is 0 Å². The lowest BCUT2D eigenvalue weighted by molar-refractivity contribution is 0.167. The number of halogens is 1. The smallest absolute Gasteiger partial charge is 0.122 e. The lowest BCUT2D eigenvalue weighted by atomic mass is 10.1. The van der Waals surface area contributed by atoms with E-state index in [-0.39, 0.29) is 0 Å². The molecule has 0 spiro atoms. The first-order chi connectivity index (χ1) is 7.24. The second kappa shape index (κ2) is 4.86. The molecule has 2 N–H and O–H groups in total. The normalized spacial score (nSPS) is 20.5. The van der Waals surface area contributed by atoms with Gasteiger partial charge in [0.2, 0.25) is 0 Å². The summed E-state index contributed by atoms with van der Waals surface area (Å²) in [5.41, 5.74) is 6.42. The molecule has 1 atom stereocenters. The van der Waals surface area contributed by atoms with E-state index in [9.17, 15) is 0 Å². The second-order valence-electron chi connectivity index (χ2n) is 3.76. The Morgan fingerprint density at radius 3 is 3.00 bits per heavy atom. The number of hydrogen-bond donors (Lipinski definition) is 1. The van der Waals surface area contributed by atoms with Crippen LogP contribution < -0.4 is 10.5 Å². The molecule has 1 fully saturated rings. The van der Waals surface area contributed by atoms with Crippen LogP contribution in [-0.2, 0) is 4.74 Å². The molecule has 0 bridgehead atoms. The average Bonchev–Trinajstić information content (AvgIpc) is 2.65. The Morgan fingerprint density at radius 2 is 2.33 bits per heavy atom. The van der Waals surface area contributed by atoms with Gasteiger partial charge in [0.15, 0.2) is 0 Å². The summed E-state index contributed by atoms with van der Waals surface area (Å²) in [7, 11) is 0. The van der Waals surface area contributed by atoms with Crippen molar-refractivity contribution in [2.75, 3.05) is 25.6 Å². The summed E-state index contributed by atoms with van der Waals surface area (Å²) in [6.45, 7) is 2.37. The summed E-state index contributed by atoms with van der Waals surface area (Å²) in [5.74, 6) is 1.33. The number of benzene rings is 1. The summed E-state index contributed by atoms with van der Waals surface area (Å²) in [6.07, 6.45) is 1.09. The molecular formula is C11H14BrNO2. The quantitative estimate of drug-likeness (QED) is 0.859. The largest absolute Gasteiger partial charge is 0.493 e. The van der Waals surface area contributed by atoms with Crippen LogP contribution in [0.1, 0.15) is 6.42 Å². The topological polar surface area (TPSA) is 44.5 Å². The van der Waals surface area contributed by atoms with Crippen molar-refractivity contribution >= 4 is 21.6 Å². The molecule has 1 aromatic carbocycles. The Bertz CT molecular complexity index is 317. The van der Waals surface area contributed by atoms with Crippen molar-refractivity contribution in [2.24, 2.45) is 5.92 Å². The fourth-order valence-electron chi connectivity index (χ4n) is 1.60. The molecule has 1 saturated heterocycles. The number of nitrogen functional groups attached to an aromatic ring is 1. The van der Waals surface area contributed by atoms with Crippen LogP contribution in [0.15, 0.2) is 22.7 Å². The lowest BCUT2D eigenvalue weighted by Crippen LogP contribution is -2.11. The molecule has 1 aliphatic heterocycles. The molecule has 0 aromatic heterocycles. The highest BCUT2D eigenvalue weighted by molar-refractivity contribution is 9.10. The van der Waals surface area contributed by atoms with Crippen LogP contribution in [0.3, 0.4) is 0 Å². The molecule has 82 valence electrons. The van der Waals surface area contributed by atoms with Crippen LogP contribution in [0, 0.1) is 5.92 Å². The SMILES string of the molecule is Nc1cc(Br)cc(OCC2CCOC2)c1. The van der Waals surface area contributed by atoms with Gasteiger partial charge in [0.25, 0.3) is 0 Å². The van der Waals surface area contributed by atoms with E-state index in [1.165, 1.54) is 0 Å². The predicted molar refractivity (Wildman–Crippen MR) is 63.0 cm³/mol. The molecule has 1 unspecified atom stereocenters. The van der Waals surface area contributed by atoms with Crippen LogP contribution >= 0.6 is 15.9 Å². The van der Waals surface area contributed by atoms with E-state index in [0.29, 0.717) is 18.2 Å². The first-order valence-corrected chi connectivity index (χ1v) is 5.80. The van der Waals surface area contributed by atoms with Gasteiger partial charge in [-0.2, -0.15) is 0 Å². The molecule has 1 aromatic rings. The Hall–Kier alpha value is -0.740. The van der Waals surface area contributed by atoms with E-state index in [2.05, 4.69) is 15.9 Å². The zero-order valence-corrected chi connectivity index (χ0v) is 10.00. The standard InChI is InChI=1S/C11H14BrNO2/c12-9-3-10(13)5-11(4-9)15-7-8-1-2-14-6-8/h3-5,8H,1-2,6-7,13H2. The molecule has 1 heterocycles. The van der Waals surface area contributed by atoms with Gasteiger partial charge in [0.1, 0.15) is 5.75 Å². The van der Waals surface area contributed by atoms with Gasteiger partial charge in [-0.05, 0) is 18.6 Å². The molecular weight excluding hydrogens is 258 g/mol. The number of rotatable bonds is 3. The Morgan fingerprint density at radius 1 is 1.47 bits per heavy atom. The van der Waals surface area contributed by atoms with E-state index in [1.54, 1.807) is 0 Å². The number of nitrogens with two attached hydrogens (primary N) is 1. The van der Waals surface area contributed by atoms with Crippen molar-refractivity contribution in [3.05, 3.63) is 22.7 Å². The Labute approximate surface area is 97.7 Å². The Kier molecular flexibility index (Phi) is 3.49. The number of ether oxygens (including phenoxy) is 2. The van der Waals surface area contributed by atoms with Crippen molar-refractivity contribution in [2.45, 2.75) is 6.42 Å². The highest BCUT2D eigenvalue weighted by Crippen LogP contribution is 2.24. The van der Waals surface area contributed by atoms with Crippen LogP contribution in [0.4, 0.5) is 5.69 Å². The molecule has 15 heavy (non-hydrogen) atoms. The highest BCUT2D eigenvalue weighted by Gasteiger charge is 2.16. The van der Waals surface area contributed by atoms with Crippen LogP contribution in [0.5, 0.6) is 5.75 Å². The van der Waals surface area contributed by atoms with Crippen LogP contribution in [0.2, 0.25) is 0 Å². The van der Waals surface area contributed by atoms with Crippen molar-refractivity contribution < 1.29 is 9.47 Å². The number of anilines is 1. The third kappa shape index (κ3) is 3.11. The zero-order valence-electron chi connectivity index (χ0n) is 8.41.